The van der Waals surface area contributed by atoms with Gasteiger partial charge in [-0.15, -0.1) is 0 Å². The monoisotopic (exact) mass is 469 g/mol. The van der Waals surface area contributed by atoms with Gasteiger partial charge in [0.05, 0.1) is 0 Å². The standard InChI is InChI=1S/C22H20BrN3O4/c1-24-20(27)15-8-6-14(7-9-15)13-26(2)22(29)16-4-3-5-17(12-16)25-21(28)18-10-11-19(23)30-18/h3-12H,13H2,1-2H3,(H,24,27)(H,25,28). The molecule has 3 rings (SSSR count). The summed E-state index contributed by atoms with van der Waals surface area (Å²) in [7, 11) is 3.27. The van der Waals surface area contributed by atoms with Crippen LogP contribution in [0.3, 0.4) is 0 Å². The van der Waals surface area contributed by atoms with Crippen LogP contribution in [-0.4, -0.2) is 36.7 Å². The van der Waals surface area contributed by atoms with E-state index >= 15 is 0 Å². The van der Waals surface area contributed by atoms with E-state index in [4.69, 9.17) is 4.42 Å². The minimum Gasteiger partial charge on any atom is -0.444 e. The van der Waals surface area contributed by atoms with E-state index in [9.17, 15) is 14.4 Å². The number of hydrogen-bond acceptors (Lipinski definition) is 4. The quantitative estimate of drug-likeness (QED) is 0.571. The third-order valence-corrected chi connectivity index (χ3v) is 4.80. The number of benzene rings is 2. The van der Waals surface area contributed by atoms with Gasteiger partial charge in [0, 0.05) is 37.5 Å². The van der Waals surface area contributed by atoms with E-state index in [0.29, 0.717) is 28.0 Å². The number of halogens is 1. The van der Waals surface area contributed by atoms with Crippen molar-refractivity contribution >= 4 is 39.3 Å². The first-order valence-electron chi connectivity index (χ1n) is 9.10. The van der Waals surface area contributed by atoms with Crippen molar-refractivity contribution in [2.75, 3.05) is 19.4 Å². The van der Waals surface area contributed by atoms with Gasteiger partial charge in [-0.1, -0.05) is 18.2 Å². The molecule has 0 atom stereocenters. The lowest BCUT2D eigenvalue weighted by Gasteiger charge is -2.18. The molecule has 7 nitrogen and oxygen atoms in total. The van der Waals surface area contributed by atoms with Gasteiger partial charge in [-0.3, -0.25) is 14.4 Å². The molecule has 0 saturated carbocycles. The molecule has 0 unspecified atom stereocenters. The molecule has 8 heteroatoms. The van der Waals surface area contributed by atoms with Gasteiger partial charge in [0.2, 0.25) is 0 Å². The predicted octanol–water partition coefficient (Wildman–Crippen LogP) is 3.93. The summed E-state index contributed by atoms with van der Waals surface area (Å²) in [6.45, 7) is 0.379. The molecule has 154 valence electrons. The first-order chi connectivity index (χ1) is 14.4. The van der Waals surface area contributed by atoms with Crippen molar-refractivity contribution in [3.63, 3.8) is 0 Å². The molecule has 2 aromatic carbocycles. The van der Waals surface area contributed by atoms with E-state index in [0.717, 1.165) is 5.56 Å². The number of carbonyl (C=O) groups is 3. The molecule has 0 aliphatic rings. The molecular weight excluding hydrogens is 450 g/mol. The van der Waals surface area contributed by atoms with Crippen LogP contribution in [0.4, 0.5) is 5.69 Å². The number of anilines is 1. The Morgan fingerprint density at radius 3 is 2.33 bits per heavy atom. The Bertz CT molecular complexity index is 1080. The molecule has 0 aliphatic carbocycles. The van der Waals surface area contributed by atoms with Crippen LogP contribution in [0.5, 0.6) is 0 Å². The van der Waals surface area contributed by atoms with E-state index in [2.05, 4.69) is 26.6 Å². The highest BCUT2D eigenvalue weighted by Gasteiger charge is 2.15. The fraction of sp³-hybridized carbons (Fsp3) is 0.136. The van der Waals surface area contributed by atoms with Gasteiger partial charge < -0.3 is 20.0 Å². The second kappa shape index (κ2) is 9.41. The van der Waals surface area contributed by atoms with Crippen molar-refractivity contribution in [3.8, 4) is 0 Å². The SMILES string of the molecule is CNC(=O)c1ccc(CN(C)C(=O)c2cccc(NC(=O)c3ccc(Br)o3)c2)cc1. The molecule has 3 amide bonds. The average Bonchev–Trinajstić information content (AvgIpc) is 3.20. The van der Waals surface area contributed by atoms with Crippen LogP contribution in [0.15, 0.2) is 69.8 Å². The lowest BCUT2D eigenvalue weighted by atomic mass is 10.1. The van der Waals surface area contributed by atoms with Crippen LogP contribution >= 0.6 is 15.9 Å². The molecule has 1 aromatic heterocycles. The predicted molar refractivity (Wildman–Crippen MR) is 116 cm³/mol. The van der Waals surface area contributed by atoms with E-state index in [-0.39, 0.29) is 17.6 Å². The topological polar surface area (TPSA) is 91.7 Å². The van der Waals surface area contributed by atoms with Crippen LogP contribution in [0.25, 0.3) is 0 Å². The lowest BCUT2D eigenvalue weighted by molar-refractivity contribution is 0.0784. The number of rotatable bonds is 6. The largest absolute Gasteiger partial charge is 0.444 e. The zero-order valence-corrected chi connectivity index (χ0v) is 18.0. The van der Waals surface area contributed by atoms with Crippen LogP contribution in [-0.2, 0) is 6.54 Å². The summed E-state index contributed by atoms with van der Waals surface area (Å²) >= 11 is 3.16. The van der Waals surface area contributed by atoms with Crippen molar-refractivity contribution < 1.29 is 18.8 Å². The summed E-state index contributed by atoms with van der Waals surface area (Å²) in [6, 6.07) is 16.9. The Morgan fingerprint density at radius 2 is 1.70 bits per heavy atom. The fourth-order valence-electron chi connectivity index (χ4n) is 2.83. The third-order valence-electron chi connectivity index (χ3n) is 4.37. The number of hydrogen-bond donors (Lipinski definition) is 2. The Labute approximate surface area is 182 Å². The van der Waals surface area contributed by atoms with Gasteiger partial charge in [-0.2, -0.15) is 0 Å². The third kappa shape index (κ3) is 5.15. The molecule has 0 spiro atoms. The summed E-state index contributed by atoms with van der Waals surface area (Å²) in [4.78, 5) is 38.2. The van der Waals surface area contributed by atoms with Crippen molar-refractivity contribution in [1.29, 1.82) is 0 Å². The van der Waals surface area contributed by atoms with E-state index in [1.807, 2.05) is 12.1 Å². The second-order valence-corrected chi connectivity index (χ2v) is 7.36. The molecule has 0 fully saturated rings. The molecule has 0 saturated heterocycles. The molecule has 0 bridgehead atoms. The average molecular weight is 470 g/mol. The summed E-state index contributed by atoms with van der Waals surface area (Å²) in [5.74, 6) is -0.597. The van der Waals surface area contributed by atoms with Crippen molar-refractivity contribution in [3.05, 3.63) is 87.8 Å². The number of carbonyl (C=O) groups excluding carboxylic acids is 3. The van der Waals surface area contributed by atoms with Gasteiger partial charge in [0.15, 0.2) is 10.4 Å². The van der Waals surface area contributed by atoms with Crippen molar-refractivity contribution in [1.82, 2.24) is 10.2 Å². The Balaban J connectivity index is 1.66. The molecule has 2 N–H and O–H groups in total. The maximum absolute atomic E-state index is 12.8. The van der Waals surface area contributed by atoms with E-state index in [1.54, 1.807) is 67.5 Å². The smallest absolute Gasteiger partial charge is 0.291 e. The minimum absolute atomic E-state index is 0.160. The van der Waals surface area contributed by atoms with Crippen LogP contribution < -0.4 is 10.6 Å². The molecule has 30 heavy (non-hydrogen) atoms. The normalized spacial score (nSPS) is 10.4. The second-order valence-electron chi connectivity index (χ2n) is 6.58. The van der Waals surface area contributed by atoms with Gasteiger partial charge in [-0.05, 0) is 64.0 Å². The Hall–Kier alpha value is -3.39. The number of nitrogens with one attached hydrogen (secondary N) is 2. The fourth-order valence-corrected chi connectivity index (χ4v) is 3.14. The highest BCUT2D eigenvalue weighted by molar-refractivity contribution is 9.10. The van der Waals surface area contributed by atoms with Crippen LogP contribution in [0, 0.1) is 0 Å². The molecule has 0 aliphatic heterocycles. The maximum atomic E-state index is 12.8. The summed E-state index contributed by atoms with van der Waals surface area (Å²) in [5, 5.41) is 5.29. The van der Waals surface area contributed by atoms with Crippen LogP contribution in [0.1, 0.15) is 36.8 Å². The number of amides is 3. The summed E-state index contributed by atoms with van der Waals surface area (Å²) < 4.78 is 5.69. The maximum Gasteiger partial charge on any atom is 0.291 e. The first kappa shape index (κ1) is 21.3. The van der Waals surface area contributed by atoms with Gasteiger partial charge in [0.1, 0.15) is 0 Å². The van der Waals surface area contributed by atoms with Crippen LogP contribution in [0.2, 0.25) is 0 Å². The van der Waals surface area contributed by atoms with Crippen molar-refractivity contribution in [2.24, 2.45) is 0 Å². The van der Waals surface area contributed by atoms with E-state index in [1.165, 1.54) is 0 Å². The van der Waals surface area contributed by atoms with E-state index < -0.39 is 5.91 Å². The molecule has 1 heterocycles. The highest BCUT2D eigenvalue weighted by Crippen LogP contribution is 2.18. The zero-order valence-electron chi connectivity index (χ0n) is 16.4. The highest BCUT2D eigenvalue weighted by atomic mass is 79.9. The molecule has 0 radical (unpaired) electrons. The summed E-state index contributed by atoms with van der Waals surface area (Å²) in [6.07, 6.45) is 0. The van der Waals surface area contributed by atoms with Gasteiger partial charge in [0.25, 0.3) is 17.7 Å². The number of nitrogens with zero attached hydrogens (tertiary/aromatic N) is 1. The molecular formula is C22H20BrN3O4. The van der Waals surface area contributed by atoms with Crippen molar-refractivity contribution in [2.45, 2.75) is 6.54 Å². The molecule has 3 aromatic rings. The lowest BCUT2D eigenvalue weighted by Crippen LogP contribution is -2.26. The zero-order chi connectivity index (χ0) is 21.7. The van der Waals surface area contributed by atoms with Gasteiger partial charge >= 0.3 is 0 Å². The Kier molecular flexibility index (Phi) is 6.68. The Morgan fingerprint density at radius 1 is 0.967 bits per heavy atom. The first-order valence-corrected chi connectivity index (χ1v) is 9.90. The number of furan rings is 1. The van der Waals surface area contributed by atoms with Gasteiger partial charge in [-0.25, -0.2) is 0 Å². The minimum atomic E-state index is -0.408. The summed E-state index contributed by atoms with van der Waals surface area (Å²) in [5.41, 5.74) is 2.38.